The van der Waals surface area contributed by atoms with Crippen molar-refractivity contribution in [1.82, 2.24) is 0 Å². The first kappa shape index (κ1) is 34.4. The first-order valence-corrected chi connectivity index (χ1v) is 8.92. The molecule has 0 aromatic carbocycles. The molecule has 5 nitrogen and oxygen atoms in total. The summed E-state index contributed by atoms with van der Waals surface area (Å²) in [5, 5.41) is 0. The molecule has 0 bridgehead atoms. The Labute approximate surface area is 185 Å². The van der Waals surface area contributed by atoms with E-state index >= 15 is 0 Å². The minimum atomic E-state index is -0.115. The molecule has 29 heavy (non-hydrogen) atoms. The number of hydrogen-bond acceptors (Lipinski definition) is 2. The Morgan fingerprint density at radius 1 is 0.966 bits per heavy atom. The Kier molecular flexibility index (Phi) is 39.7. The molecule has 0 saturated carbocycles. The van der Waals surface area contributed by atoms with Gasteiger partial charge in [0.25, 0.3) is 0 Å². The number of hydrogen-bond donors (Lipinski definition) is 0. The van der Waals surface area contributed by atoms with Crippen LogP contribution in [-0.4, -0.2) is 11.9 Å². The Morgan fingerprint density at radius 3 is 2.14 bits per heavy atom. The smallest absolute Gasteiger partial charge is 0 e. The van der Waals surface area contributed by atoms with E-state index in [1.165, 1.54) is 38.0 Å². The minimum absolute atomic E-state index is 0. The van der Waals surface area contributed by atoms with E-state index in [1.807, 2.05) is 18.2 Å². The molecule has 1 aliphatic heterocycles. The third-order valence-corrected chi connectivity index (χ3v) is 3.33. The first-order chi connectivity index (χ1) is 13.8. The van der Waals surface area contributed by atoms with Gasteiger partial charge in [-0.1, -0.05) is 62.3 Å². The second-order valence-electron chi connectivity index (χ2n) is 5.37. The van der Waals surface area contributed by atoms with Crippen LogP contribution < -0.4 is 0 Å². The molecule has 6 heteroatoms. The first-order valence-electron chi connectivity index (χ1n) is 8.92. The van der Waals surface area contributed by atoms with Crippen molar-refractivity contribution in [2.24, 2.45) is 0 Å². The summed E-state index contributed by atoms with van der Waals surface area (Å²) in [6, 6.07) is 0. The topological polar surface area (TPSA) is 86.0 Å². The van der Waals surface area contributed by atoms with Crippen molar-refractivity contribution < 1.29 is 40.6 Å². The molecule has 1 aliphatic rings. The van der Waals surface area contributed by atoms with Gasteiger partial charge in [-0.3, -0.25) is 4.79 Å². The zero-order valence-electron chi connectivity index (χ0n) is 16.7. The molecule has 158 valence electrons. The molecule has 0 saturated heterocycles. The van der Waals surface area contributed by atoms with Crippen molar-refractivity contribution in [2.75, 3.05) is 0 Å². The molecule has 0 radical (unpaired) electrons. The van der Waals surface area contributed by atoms with Crippen LogP contribution in [0.25, 0.3) is 0 Å². The maximum Gasteiger partial charge on any atom is 0 e. The molecule has 0 fully saturated rings. The summed E-state index contributed by atoms with van der Waals surface area (Å²) >= 11 is 0. The number of unbranched alkanes of at least 4 members (excludes halogenated alkanes) is 3. The van der Waals surface area contributed by atoms with E-state index in [0.717, 1.165) is 12.8 Å². The molecule has 0 N–H and O–H groups in total. The molecular weight excluding hydrogens is 412 g/mol. The van der Waals surface area contributed by atoms with Crippen molar-refractivity contribution in [3.05, 3.63) is 80.9 Å². The Morgan fingerprint density at radius 2 is 1.55 bits per heavy atom. The molecule has 0 aromatic heterocycles. The molecule has 1 unspecified atom stereocenters. The van der Waals surface area contributed by atoms with Gasteiger partial charge in [0.15, 0.2) is 5.78 Å². The van der Waals surface area contributed by atoms with Gasteiger partial charge in [0.2, 0.25) is 0 Å². The van der Waals surface area contributed by atoms with Crippen LogP contribution in [0.4, 0.5) is 0 Å². The summed E-state index contributed by atoms with van der Waals surface area (Å²) in [5.74, 6) is 0.121. The van der Waals surface area contributed by atoms with Crippen LogP contribution in [0.2, 0.25) is 0 Å². The van der Waals surface area contributed by atoms with Gasteiger partial charge in [-0.15, -0.1) is 0 Å². The second-order valence-corrected chi connectivity index (χ2v) is 5.37. The van der Waals surface area contributed by atoms with E-state index in [-0.39, 0.29) is 29.0 Å². The fourth-order valence-corrected chi connectivity index (χ4v) is 2.06. The van der Waals surface area contributed by atoms with Crippen molar-refractivity contribution >= 4 is 5.78 Å². The van der Waals surface area contributed by atoms with E-state index in [0.29, 0.717) is 6.42 Å². The van der Waals surface area contributed by atoms with Crippen molar-refractivity contribution in [3.8, 4) is 0 Å². The number of allylic oxidation sites excluding steroid dienone is 8. The molecule has 0 amide bonds. The van der Waals surface area contributed by atoms with Crippen LogP contribution in [-0.2, 0) is 40.6 Å². The fraction of sp³-hybridized carbons (Fsp3) is 0.391. The summed E-state index contributed by atoms with van der Waals surface area (Å²) in [6.45, 7) is 15.7. The standard InChI is InChI=1S/C20H28O2.3CO.Fe/c1-2-3-4-5-6-7-8-9-10-11-12-13-14-15-20-18-19(21)16-17-22-20;3*1-2;/h6-7,9-10,12-17,20H,2-5,8,11,18H2,1H3;;;;/b7-6-,10-9-,13-12-,15-14+;;;;. The van der Waals surface area contributed by atoms with E-state index < -0.39 is 0 Å². The predicted molar refractivity (Wildman–Crippen MR) is 105 cm³/mol. The van der Waals surface area contributed by atoms with Crippen LogP contribution in [0.5, 0.6) is 0 Å². The zero-order valence-corrected chi connectivity index (χ0v) is 17.8. The van der Waals surface area contributed by atoms with Gasteiger partial charge < -0.3 is 4.74 Å². The van der Waals surface area contributed by atoms with Gasteiger partial charge >= 0.3 is 33.9 Å². The summed E-state index contributed by atoms with van der Waals surface area (Å²) < 4.78 is 27.8. The van der Waals surface area contributed by atoms with Crippen LogP contribution in [0.3, 0.4) is 0 Å². The quantitative estimate of drug-likeness (QED) is 0.115. The van der Waals surface area contributed by atoms with E-state index in [1.54, 1.807) is 0 Å². The summed E-state index contributed by atoms with van der Waals surface area (Å²) in [7, 11) is 0. The second kappa shape index (κ2) is 33.5. The maximum absolute atomic E-state index is 11.2. The van der Waals surface area contributed by atoms with Crippen molar-refractivity contribution in [1.29, 1.82) is 0 Å². The van der Waals surface area contributed by atoms with Gasteiger partial charge in [0.05, 0.1) is 12.7 Å². The van der Waals surface area contributed by atoms with Crippen LogP contribution >= 0.6 is 0 Å². The van der Waals surface area contributed by atoms with E-state index in [4.69, 9.17) is 18.7 Å². The molecule has 0 spiro atoms. The Hall–Kier alpha value is -2.09. The van der Waals surface area contributed by atoms with Crippen LogP contribution in [0.1, 0.15) is 51.9 Å². The Bertz CT molecular complexity index is 551. The van der Waals surface area contributed by atoms with Gasteiger partial charge in [0.1, 0.15) is 6.10 Å². The molecule has 0 aliphatic carbocycles. The number of carbonyl (C=O) groups excluding carboxylic acids is 1. The molecular formula is C23H28FeO5. The average molecular weight is 440 g/mol. The SMILES string of the molecule is CCCCC/C=C\C/C=C\C/C=C\C=C\C1CC(=O)C=CO1.[C-]#[O+].[C-]#[O+].[C-]#[O+].[Fe]. The van der Waals surface area contributed by atoms with Crippen LogP contribution in [0.15, 0.2) is 60.9 Å². The third-order valence-electron chi connectivity index (χ3n) is 3.33. The summed E-state index contributed by atoms with van der Waals surface area (Å²) in [5.41, 5.74) is 0. The van der Waals surface area contributed by atoms with Crippen molar-refractivity contribution in [3.63, 3.8) is 0 Å². The van der Waals surface area contributed by atoms with Gasteiger partial charge in [-0.2, -0.15) is 0 Å². The zero-order chi connectivity index (χ0) is 21.9. The fourth-order valence-electron chi connectivity index (χ4n) is 2.06. The molecule has 1 rings (SSSR count). The van der Waals surface area contributed by atoms with E-state index in [2.05, 4.69) is 57.3 Å². The molecule has 0 aromatic rings. The normalized spacial score (nSPS) is 14.7. The predicted octanol–water partition coefficient (Wildman–Crippen LogP) is 5.33. The third kappa shape index (κ3) is 28.2. The molecule has 1 atom stereocenters. The van der Waals surface area contributed by atoms with E-state index in [9.17, 15) is 4.79 Å². The van der Waals surface area contributed by atoms with Gasteiger partial charge in [-0.05, 0) is 31.8 Å². The number of rotatable bonds is 10. The summed E-state index contributed by atoms with van der Waals surface area (Å²) in [4.78, 5) is 11.2. The van der Waals surface area contributed by atoms with Crippen molar-refractivity contribution in [2.45, 2.75) is 58.0 Å². The largest absolute Gasteiger partial charge is 0 e. The number of carbonyl (C=O) groups is 1. The number of ketones is 1. The average Bonchev–Trinajstić information content (AvgIpc) is 2.76. The maximum atomic E-state index is 11.2. The summed E-state index contributed by atoms with van der Waals surface area (Å²) in [6.07, 6.45) is 27.2. The molecule has 1 heterocycles. The minimum Gasteiger partial charge on any atom is 0 e. The monoisotopic (exact) mass is 440 g/mol. The van der Waals surface area contributed by atoms with Gasteiger partial charge in [-0.25, -0.2) is 0 Å². The van der Waals surface area contributed by atoms with Gasteiger partial charge in [0, 0.05) is 23.1 Å². The van der Waals surface area contributed by atoms with Crippen LogP contribution in [0, 0.1) is 20.0 Å². The number of ether oxygens (including phenoxy) is 1. The Balaban J connectivity index is -0.000000407.